The van der Waals surface area contributed by atoms with Crippen molar-refractivity contribution in [2.75, 3.05) is 13.1 Å². The minimum Gasteiger partial charge on any atom is -0.406 e. The first-order valence-corrected chi connectivity index (χ1v) is 12.7. The molecule has 214 valence electrons. The van der Waals surface area contributed by atoms with Crippen LogP contribution in [0.4, 0.5) is 31.1 Å². The van der Waals surface area contributed by atoms with Gasteiger partial charge in [0.05, 0.1) is 5.52 Å². The van der Waals surface area contributed by atoms with Gasteiger partial charge in [0.15, 0.2) is 0 Å². The number of alkyl halides is 3. The molecule has 4 aromatic rings. The van der Waals surface area contributed by atoms with Crippen LogP contribution < -0.4 is 10.1 Å². The third-order valence-electron chi connectivity index (χ3n) is 6.56. The van der Waals surface area contributed by atoms with Gasteiger partial charge in [-0.1, -0.05) is 23.8 Å². The molecule has 0 saturated heterocycles. The highest BCUT2D eigenvalue weighted by Gasteiger charge is 2.32. The number of carbonyl (C=O) groups excluding carboxylic acids is 1. The van der Waals surface area contributed by atoms with Crippen LogP contribution in [0.25, 0.3) is 17.0 Å². The second-order valence-corrected chi connectivity index (χ2v) is 9.69. The van der Waals surface area contributed by atoms with Gasteiger partial charge in [0.2, 0.25) is 0 Å². The molecule has 1 N–H and O–H groups in total. The Morgan fingerprint density at radius 3 is 2.56 bits per heavy atom. The summed E-state index contributed by atoms with van der Waals surface area (Å²) in [4.78, 5) is 19.2. The number of halogens is 7. The molecule has 5 rings (SSSR count). The van der Waals surface area contributed by atoms with Gasteiger partial charge in [-0.2, -0.15) is 0 Å². The van der Waals surface area contributed by atoms with Gasteiger partial charge in [-0.3, -0.25) is 9.47 Å². The second-order valence-electron chi connectivity index (χ2n) is 9.30. The highest BCUT2D eigenvalue weighted by atomic mass is 35.5. The Labute approximate surface area is 234 Å². The third kappa shape index (κ3) is 6.49. The lowest BCUT2D eigenvalue weighted by atomic mass is 10.0. The lowest BCUT2D eigenvalue weighted by Crippen LogP contribution is -2.34. The predicted molar refractivity (Wildman–Crippen MR) is 140 cm³/mol. The van der Waals surface area contributed by atoms with Crippen LogP contribution in [-0.2, 0) is 19.5 Å². The number of benzene rings is 2. The molecule has 13 heteroatoms. The Bertz CT molecular complexity index is 1630. The zero-order valence-electron chi connectivity index (χ0n) is 21.1. The topological polar surface area (TPSA) is 59.4 Å². The molecule has 0 aliphatic carbocycles. The van der Waals surface area contributed by atoms with Crippen molar-refractivity contribution >= 4 is 34.6 Å². The fraction of sp³-hybridized carbons (Fsp3) is 0.214. The molecule has 0 radical (unpaired) electrons. The fourth-order valence-electron chi connectivity index (χ4n) is 4.82. The van der Waals surface area contributed by atoms with E-state index in [4.69, 9.17) is 11.6 Å². The summed E-state index contributed by atoms with van der Waals surface area (Å²) in [5, 5.41) is 3.57. The number of pyridine rings is 1. The lowest BCUT2D eigenvalue weighted by Gasteiger charge is -2.27. The fourth-order valence-corrected chi connectivity index (χ4v) is 5.02. The average Bonchev–Trinajstić information content (AvgIpc) is 3.21. The summed E-state index contributed by atoms with van der Waals surface area (Å²) < 4.78 is 85.4. The van der Waals surface area contributed by atoms with Crippen molar-refractivity contribution in [1.82, 2.24) is 19.8 Å². The van der Waals surface area contributed by atoms with Crippen molar-refractivity contribution in [3.8, 4) is 5.75 Å². The number of carbonyl (C=O) groups is 1. The summed E-state index contributed by atoms with van der Waals surface area (Å²) in [5.41, 5.74) is 1.88. The van der Waals surface area contributed by atoms with Crippen LogP contribution in [-0.4, -0.2) is 39.9 Å². The maximum absolute atomic E-state index is 14.0. The molecule has 0 spiro atoms. The van der Waals surface area contributed by atoms with E-state index in [9.17, 15) is 31.1 Å². The Balaban J connectivity index is 1.43. The van der Waals surface area contributed by atoms with Crippen LogP contribution >= 0.6 is 11.6 Å². The van der Waals surface area contributed by atoms with Gasteiger partial charge in [0.1, 0.15) is 28.4 Å². The summed E-state index contributed by atoms with van der Waals surface area (Å²) in [6, 6.07) is 7.68. The highest BCUT2D eigenvalue weighted by molar-refractivity contribution is 6.29. The van der Waals surface area contributed by atoms with E-state index < -0.39 is 35.6 Å². The largest absolute Gasteiger partial charge is 0.573 e. The summed E-state index contributed by atoms with van der Waals surface area (Å²) in [5.74, 6) is -3.55. The van der Waals surface area contributed by atoms with Gasteiger partial charge in [0, 0.05) is 73.6 Å². The van der Waals surface area contributed by atoms with Crippen molar-refractivity contribution in [1.29, 1.82) is 0 Å². The Hall–Kier alpha value is -4.03. The van der Waals surface area contributed by atoms with Crippen molar-refractivity contribution in [2.45, 2.75) is 25.9 Å². The van der Waals surface area contributed by atoms with Gasteiger partial charge in [-0.25, -0.2) is 22.9 Å². The number of ether oxygens (including phenoxy) is 1. The highest BCUT2D eigenvalue weighted by Crippen LogP contribution is 2.34. The molecule has 1 aliphatic heterocycles. The molecule has 2 aromatic heterocycles. The van der Waals surface area contributed by atoms with E-state index >= 15 is 0 Å². The first-order valence-electron chi connectivity index (χ1n) is 12.3. The quantitative estimate of drug-likeness (QED) is 0.196. The summed E-state index contributed by atoms with van der Waals surface area (Å²) in [6.45, 7) is 1.12. The van der Waals surface area contributed by atoms with Crippen molar-refractivity contribution in [3.05, 3.63) is 99.7 Å². The molecule has 1 aliphatic rings. The molecule has 1 amide bonds. The van der Waals surface area contributed by atoms with Crippen LogP contribution in [0.1, 0.15) is 22.4 Å². The predicted octanol–water partition coefficient (Wildman–Crippen LogP) is 6.84. The van der Waals surface area contributed by atoms with Gasteiger partial charge in [-0.15, -0.1) is 13.2 Å². The lowest BCUT2D eigenvalue weighted by molar-refractivity contribution is -0.274. The normalized spacial score (nSPS) is 14.0. The van der Waals surface area contributed by atoms with Crippen LogP contribution in [0.5, 0.6) is 5.75 Å². The van der Waals surface area contributed by atoms with E-state index in [1.54, 1.807) is 12.1 Å². The molecule has 0 unspecified atom stereocenters. The van der Waals surface area contributed by atoms with Gasteiger partial charge in [0.25, 0.3) is 0 Å². The smallest absolute Gasteiger partial charge is 0.406 e. The third-order valence-corrected chi connectivity index (χ3v) is 6.77. The zero-order chi connectivity index (χ0) is 29.3. The molecule has 3 heterocycles. The Kier molecular flexibility index (Phi) is 7.96. The first kappa shape index (κ1) is 28.5. The van der Waals surface area contributed by atoms with E-state index in [1.165, 1.54) is 35.0 Å². The van der Waals surface area contributed by atoms with Gasteiger partial charge >= 0.3 is 12.4 Å². The molecule has 0 atom stereocenters. The van der Waals surface area contributed by atoms with Crippen LogP contribution in [0, 0.1) is 17.5 Å². The summed E-state index contributed by atoms with van der Waals surface area (Å²) in [6.07, 6.45) is -0.311. The number of fused-ring (bicyclic) bond motifs is 3. The minimum absolute atomic E-state index is 0.0989. The van der Waals surface area contributed by atoms with Gasteiger partial charge < -0.3 is 10.1 Å². The number of nitrogens with zero attached hydrogens (tertiary/aromatic N) is 3. The maximum atomic E-state index is 14.0. The van der Waals surface area contributed by atoms with Crippen molar-refractivity contribution in [3.63, 3.8) is 0 Å². The number of hydrogen-bond donors (Lipinski definition) is 1. The standard InChI is InChI=1S/C28H21ClF6N4O2/c29-26-10-16(5-7-36-26)14-37-27(40)39-24-6-9-38(8-1-2-20-22(31)11-17(30)12-23(20)32)15-21(24)19-4-3-18(13-25(19)39)41-28(33,34)35/h1-5,7,10-13H,6,8-9,14-15H2,(H,37,40). The van der Waals surface area contributed by atoms with Crippen LogP contribution in [0.15, 0.2) is 54.7 Å². The number of aromatic nitrogens is 2. The molecule has 0 saturated carbocycles. The van der Waals surface area contributed by atoms with Crippen LogP contribution in [0.2, 0.25) is 5.15 Å². The summed E-state index contributed by atoms with van der Waals surface area (Å²) in [7, 11) is 0. The molecule has 41 heavy (non-hydrogen) atoms. The van der Waals surface area contributed by atoms with E-state index in [-0.39, 0.29) is 29.3 Å². The van der Waals surface area contributed by atoms with Crippen LogP contribution in [0.3, 0.4) is 0 Å². The molecular weight excluding hydrogens is 574 g/mol. The first-order chi connectivity index (χ1) is 19.5. The number of nitrogens with one attached hydrogen (secondary N) is 1. The molecule has 0 bridgehead atoms. The van der Waals surface area contributed by atoms with Gasteiger partial charge in [-0.05, 0) is 35.4 Å². The second kappa shape index (κ2) is 11.5. The molecule has 0 fully saturated rings. The monoisotopic (exact) mass is 594 g/mol. The SMILES string of the molecule is O=C(NCc1ccnc(Cl)c1)n1c2c(c3ccc(OC(F)(F)F)cc31)CN(CC=Cc1c(F)cc(F)cc1F)CC2. The molecular formula is C28H21ClF6N4O2. The van der Waals surface area contributed by atoms with E-state index in [2.05, 4.69) is 15.0 Å². The number of rotatable bonds is 6. The Morgan fingerprint density at radius 2 is 1.85 bits per heavy atom. The minimum atomic E-state index is -4.92. The maximum Gasteiger partial charge on any atom is 0.573 e. The van der Waals surface area contributed by atoms with Crippen molar-refractivity contribution in [2.24, 2.45) is 0 Å². The zero-order valence-corrected chi connectivity index (χ0v) is 21.9. The average molecular weight is 595 g/mol. The van der Waals surface area contributed by atoms with E-state index in [0.717, 1.165) is 11.6 Å². The number of amides is 1. The molecule has 2 aromatic carbocycles. The Morgan fingerprint density at radius 1 is 1.10 bits per heavy atom. The number of hydrogen-bond acceptors (Lipinski definition) is 4. The molecule has 6 nitrogen and oxygen atoms in total. The summed E-state index contributed by atoms with van der Waals surface area (Å²) >= 11 is 5.91. The van der Waals surface area contributed by atoms with Crippen molar-refractivity contribution < 1.29 is 35.9 Å². The van der Waals surface area contributed by atoms with E-state index in [1.807, 2.05) is 4.90 Å². The van der Waals surface area contributed by atoms with E-state index in [0.29, 0.717) is 48.3 Å².